The van der Waals surface area contributed by atoms with Gasteiger partial charge in [0.1, 0.15) is 17.3 Å². The number of carbonyl (C=O) groups is 5. The topological polar surface area (TPSA) is 104 Å². The molecule has 0 radical (unpaired) electrons. The average molecular weight is 418 g/mol. The second kappa shape index (κ2) is 12.0. The Morgan fingerprint density at radius 2 is 1.37 bits per heavy atom. The molecule has 0 N–H and O–H groups in total. The molecule has 0 aliphatic carbocycles. The van der Waals surface area contributed by atoms with Crippen molar-refractivity contribution in [2.24, 2.45) is 17.8 Å². The minimum Gasteiger partial charge on any atom is -0.497 e. The predicted octanol–water partition coefficient (Wildman–Crippen LogP) is 3.23. The molecule has 7 heteroatoms. The van der Waals surface area contributed by atoms with Crippen LogP contribution in [0.1, 0.15) is 57.3 Å². The van der Waals surface area contributed by atoms with Crippen LogP contribution >= 0.6 is 0 Å². The van der Waals surface area contributed by atoms with E-state index >= 15 is 0 Å². The molecule has 0 aromatic heterocycles. The van der Waals surface area contributed by atoms with E-state index in [1.807, 2.05) is 0 Å². The van der Waals surface area contributed by atoms with Crippen molar-refractivity contribution in [2.45, 2.75) is 47.0 Å². The van der Waals surface area contributed by atoms with Crippen LogP contribution < -0.4 is 4.74 Å². The van der Waals surface area contributed by atoms with Gasteiger partial charge >= 0.3 is 5.97 Å². The fraction of sp³-hybridized carbons (Fsp3) is 0.522. The van der Waals surface area contributed by atoms with Crippen molar-refractivity contribution in [2.75, 3.05) is 13.7 Å². The maximum absolute atomic E-state index is 12.5. The maximum Gasteiger partial charge on any atom is 0.338 e. The summed E-state index contributed by atoms with van der Waals surface area (Å²) in [5.41, 5.74) is 0.369. The number of ketones is 4. The van der Waals surface area contributed by atoms with E-state index in [9.17, 15) is 24.0 Å². The summed E-state index contributed by atoms with van der Waals surface area (Å²) in [5.74, 6) is -4.20. The number of hydrogen-bond acceptors (Lipinski definition) is 7. The van der Waals surface area contributed by atoms with Gasteiger partial charge in [0.25, 0.3) is 0 Å². The van der Waals surface area contributed by atoms with Crippen molar-refractivity contribution in [3.05, 3.63) is 29.8 Å². The summed E-state index contributed by atoms with van der Waals surface area (Å²) in [4.78, 5) is 60.8. The first kappa shape index (κ1) is 25.2. The van der Waals surface area contributed by atoms with Gasteiger partial charge in [-0.3, -0.25) is 19.2 Å². The first-order valence-corrected chi connectivity index (χ1v) is 10.1. The van der Waals surface area contributed by atoms with E-state index in [0.29, 0.717) is 11.3 Å². The SMILES string of the molecule is CCC(=O)C(C)C(=O)C(C)C(=O)C(C)C(=O)CCCOC(=O)c1ccc(OC)cc1. The quantitative estimate of drug-likeness (QED) is 0.275. The molecule has 0 heterocycles. The van der Waals surface area contributed by atoms with Gasteiger partial charge in [0, 0.05) is 12.8 Å². The molecular formula is C23H30O7. The van der Waals surface area contributed by atoms with Crippen LogP contribution in [0.25, 0.3) is 0 Å². The van der Waals surface area contributed by atoms with Gasteiger partial charge in [0.2, 0.25) is 0 Å². The Kier molecular flexibility index (Phi) is 10.1. The largest absolute Gasteiger partial charge is 0.497 e. The lowest BCUT2D eigenvalue weighted by atomic mass is 9.83. The normalized spacial score (nSPS) is 13.6. The van der Waals surface area contributed by atoms with E-state index in [4.69, 9.17) is 9.47 Å². The first-order valence-electron chi connectivity index (χ1n) is 10.1. The van der Waals surface area contributed by atoms with Crippen molar-refractivity contribution in [3.8, 4) is 5.75 Å². The highest BCUT2D eigenvalue weighted by molar-refractivity contribution is 6.15. The van der Waals surface area contributed by atoms with Crippen LogP contribution in [0.4, 0.5) is 0 Å². The van der Waals surface area contributed by atoms with Gasteiger partial charge < -0.3 is 9.47 Å². The molecule has 0 spiro atoms. The van der Waals surface area contributed by atoms with Crippen molar-refractivity contribution >= 4 is 29.1 Å². The fourth-order valence-electron chi connectivity index (χ4n) is 2.95. The second-order valence-electron chi connectivity index (χ2n) is 7.22. The molecule has 1 rings (SSSR count). The standard InChI is InChI=1S/C23H30O7/c1-6-19(24)14(2)21(26)16(4)22(27)15(3)20(25)8-7-13-30-23(28)17-9-11-18(29-5)12-10-17/h9-12,14-16H,6-8,13H2,1-5H3. The molecule has 0 aliphatic heterocycles. The summed E-state index contributed by atoms with van der Waals surface area (Å²) < 4.78 is 10.2. The Balaban J connectivity index is 2.47. The summed E-state index contributed by atoms with van der Waals surface area (Å²) in [5, 5.41) is 0. The predicted molar refractivity (Wildman–Crippen MR) is 110 cm³/mol. The highest BCUT2D eigenvalue weighted by Gasteiger charge is 2.33. The number of esters is 1. The van der Waals surface area contributed by atoms with E-state index in [2.05, 4.69) is 0 Å². The van der Waals surface area contributed by atoms with Crippen LogP contribution in [0.5, 0.6) is 5.75 Å². The molecule has 3 atom stereocenters. The number of rotatable bonds is 13. The zero-order valence-electron chi connectivity index (χ0n) is 18.2. The third kappa shape index (κ3) is 6.90. The Morgan fingerprint density at radius 3 is 1.87 bits per heavy atom. The summed E-state index contributed by atoms with van der Waals surface area (Å²) >= 11 is 0. The fourth-order valence-corrected chi connectivity index (χ4v) is 2.95. The lowest BCUT2D eigenvalue weighted by Crippen LogP contribution is -2.35. The van der Waals surface area contributed by atoms with Crippen LogP contribution in [-0.2, 0) is 23.9 Å². The lowest BCUT2D eigenvalue weighted by Gasteiger charge is -2.17. The third-order valence-corrected chi connectivity index (χ3v) is 5.15. The van der Waals surface area contributed by atoms with Crippen LogP contribution in [0.3, 0.4) is 0 Å². The molecule has 0 saturated heterocycles. The third-order valence-electron chi connectivity index (χ3n) is 5.15. The number of methoxy groups -OCH3 is 1. The molecule has 7 nitrogen and oxygen atoms in total. The molecule has 164 valence electrons. The highest BCUT2D eigenvalue weighted by Crippen LogP contribution is 2.17. The molecular weight excluding hydrogens is 388 g/mol. The smallest absolute Gasteiger partial charge is 0.338 e. The molecule has 0 bridgehead atoms. The van der Waals surface area contributed by atoms with Crippen LogP contribution in [0, 0.1) is 17.8 Å². The number of benzene rings is 1. The van der Waals surface area contributed by atoms with Gasteiger partial charge in [-0.1, -0.05) is 6.92 Å². The van der Waals surface area contributed by atoms with Gasteiger partial charge in [-0.05, 0) is 51.5 Å². The van der Waals surface area contributed by atoms with Crippen molar-refractivity contribution in [3.63, 3.8) is 0 Å². The van der Waals surface area contributed by atoms with Gasteiger partial charge in [-0.2, -0.15) is 0 Å². The Morgan fingerprint density at radius 1 is 0.833 bits per heavy atom. The number of ether oxygens (including phenoxy) is 2. The van der Waals surface area contributed by atoms with Crippen molar-refractivity contribution in [1.29, 1.82) is 0 Å². The second-order valence-corrected chi connectivity index (χ2v) is 7.22. The summed E-state index contributed by atoms with van der Waals surface area (Å²) in [6, 6.07) is 6.45. The molecule has 30 heavy (non-hydrogen) atoms. The molecule has 3 unspecified atom stereocenters. The van der Waals surface area contributed by atoms with Crippen LogP contribution in [-0.4, -0.2) is 42.8 Å². The van der Waals surface area contributed by atoms with E-state index in [1.165, 1.54) is 27.9 Å². The number of hydrogen-bond donors (Lipinski definition) is 0. The van der Waals surface area contributed by atoms with Gasteiger partial charge in [-0.15, -0.1) is 0 Å². The molecule has 0 aliphatic rings. The zero-order valence-corrected chi connectivity index (χ0v) is 18.2. The first-order chi connectivity index (χ1) is 14.1. The Hall–Kier alpha value is -2.83. The monoisotopic (exact) mass is 418 g/mol. The molecule has 0 amide bonds. The van der Waals surface area contributed by atoms with E-state index in [1.54, 1.807) is 31.2 Å². The Bertz CT molecular complexity index is 779. The Labute approximate surface area is 177 Å². The van der Waals surface area contributed by atoms with E-state index in [-0.39, 0.29) is 37.4 Å². The summed E-state index contributed by atoms with van der Waals surface area (Å²) in [7, 11) is 1.53. The maximum atomic E-state index is 12.5. The minimum atomic E-state index is -1.01. The van der Waals surface area contributed by atoms with Crippen molar-refractivity contribution in [1.82, 2.24) is 0 Å². The summed E-state index contributed by atoms with van der Waals surface area (Å²) in [6.07, 6.45) is 0.538. The van der Waals surface area contributed by atoms with Crippen LogP contribution in [0.15, 0.2) is 24.3 Å². The zero-order chi connectivity index (χ0) is 22.8. The lowest BCUT2D eigenvalue weighted by molar-refractivity contribution is -0.140. The molecule has 1 aromatic carbocycles. The number of Topliss-reactive ketones (excluding diaryl/α,β-unsaturated/α-hetero) is 4. The number of carbonyl (C=O) groups excluding carboxylic acids is 5. The molecule has 0 fully saturated rings. The van der Waals surface area contributed by atoms with Gasteiger partial charge in [0.05, 0.1) is 37.0 Å². The highest BCUT2D eigenvalue weighted by atomic mass is 16.5. The molecule has 0 saturated carbocycles. The minimum absolute atomic E-state index is 0.0357. The van der Waals surface area contributed by atoms with Gasteiger partial charge in [-0.25, -0.2) is 4.79 Å². The van der Waals surface area contributed by atoms with E-state index < -0.39 is 35.3 Å². The van der Waals surface area contributed by atoms with Gasteiger partial charge in [0.15, 0.2) is 11.6 Å². The summed E-state index contributed by atoms with van der Waals surface area (Å²) in [6.45, 7) is 6.08. The average Bonchev–Trinajstić information content (AvgIpc) is 2.78. The molecule has 1 aromatic rings. The van der Waals surface area contributed by atoms with Crippen LogP contribution in [0.2, 0.25) is 0 Å². The van der Waals surface area contributed by atoms with E-state index in [0.717, 1.165) is 0 Å². The van der Waals surface area contributed by atoms with Crippen molar-refractivity contribution < 1.29 is 33.4 Å².